The molecule has 0 aliphatic heterocycles. The second kappa shape index (κ2) is 5.99. The van der Waals surface area contributed by atoms with Crippen LogP contribution in [0.1, 0.15) is 19.4 Å². The number of halogens is 1. The molecule has 3 heteroatoms. The van der Waals surface area contributed by atoms with E-state index in [1.54, 1.807) is 31.3 Å². The van der Waals surface area contributed by atoms with Gasteiger partial charge in [-0.2, -0.15) is 0 Å². The molecule has 0 aliphatic carbocycles. The zero-order chi connectivity index (χ0) is 12.8. The lowest BCUT2D eigenvalue weighted by Gasteiger charge is -2.05. The van der Waals surface area contributed by atoms with Crippen LogP contribution in [0.15, 0.2) is 36.5 Å². The number of hydrogen-bond donors (Lipinski definition) is 1. The number of rotatable bonds is 1. The lowest BCUT2D eigenvalue weighted by Crippen LogP contribution is -1.86. The Bertz CT molecular complexity index is 480. The summed E-state index contributed by atoms with van der Waals surface area (Å²) in [4.78, 5) is 4.07. The van der Waals surface area contributed by atoms with Gasteiger partial charge in [0.1, 0.15) is 17.3 Å². The number of benzene rings is 1. The molecule has 0 unspecified atom stereocenters. The summed E-state index contributed by atoms with van der Waals surface area (Å²) < 4.78 is 12.7. The molecule has 1 N–H and O–H groups in total. The molecule has 0 amide bonds. The van der Waals surface area contributed by atoms with Crippen LogP contribution in [0.5, 0.6) is 5.75 Å². The zero-order valence-corrected chi connectivity index (χ0v) is 10.2. The second-order valence-corrected chi connectivity index (χ2v) is 3.33. The summed E-state index contributed by atoms with van der Waals surface area (Å²) in [5.41, 5.74) is 1.94. The second-order valence-electron chi connectivity index (χ2n) is 3.33. The molecule has 0 saturated heterocycles. The molecule has 2 aromatic rings. The average molecular weight is 233 g/mol. The summed E-state index contributed by atoms with van der Waals surface area (Å²) in [5, 5.41) is 9.76. The largest absolute Gasteiger partial charge is 0.505 e. The third-order valence-corrected chi connectivity index (χ3v) is 2.24. The fraction of sp³-hybridized carbons (Fsp3) is 0.214. The molecule has 0 bridgehead atoms. The first-order chi connectivity index (χ1) is 8.18. The Balaban J connectivity index is 0.000000686. The van der Waals surface area contributed by atoms with Crippen molar-refractivity contribution in [3.8, 4) is 17.0 Å². The molecule has 1 aromatic carbocycles. The van der Waals surface area contributed by atoms with Crippen LogP contribution in [0, 0.1) is 12.7 Å². The van der Waals surface area contributed by atoms with Crippen molar-refractivity contribution in [3.05, 3.63) is 47.9 Å². The molecule has 0 fully saturated rings. The van der Waals surface area contributed by atoms with Crippen LogP contribution >= 0.6 is 0 Å². The minimum Gasteiger partial charge on any atom is -0.505 e. The Morgan fingerprint density at radius 3 is 2.24 bits per heavy atom. The van der Waals surface area contributed by atoms with E-state index in [1.807, 2.05) is 13.8 Å². The van der Waals surface area contributed by atoms with Gasteiger partial charge in [0, 0.05) is 11.8 Å². The maximum Gasteiger partial charge on any atom is 0.144 e. The van der Waals surface area contributed by atoms with Gasteiger partial charge in [-0.05, 0) is 42.8 Å². The Hall–Kier alpha value is -1.90. The maximum atomic E-state index is 12.7. The van der Waals surface area contributed by atoms with Gasteiger partial charge in [-0.15, -0.1) is 0 Å². The van der Waals surface area contributed by atoms with Gasteiger partial charge >= 0.3 is 0 Å². The number of hydrogen-bond acceptors (Lipinski definition) is 2. The number of aryl methyl sites for hydroxylation is 1. The first-order valence-electron chi connectivity index (χ1n) is 5.59. The average Bonchev–Trinajstić information content (AvgIpc) is 2.37. The van der Waals surface area contributed by atoms with Gasteiger partial charge in [-0.1, -0.05) is 13.8 Å². The predicted octanol–water partition coefficient (Wildman–Crippen LogP) is 3.93. The third-order valence-electron chi connectivity index (χ3n) is 2.24. The van der Waals surface area contributed by atoms with Crippen LogP contribution in [0.3, 0.4) is 0 Å². The maximum absolute atomic E-state index is 12.7. The first-order valence-corrected chi connectivity index (χ1v) is 5.59. The zero-order valence-electron chi connectivity index (χ0n) is 10.2. The Morgan fingerprint density at radius 2 is 1.65 bits per heavy atom. The van der Waals surface area contributed by atoms with Gasteiger partial charge in [-0.25, -0.2) is 4.39 Å². The van der Waals surface area contributed by atoms with E-state index in [0.717, 1.165) is 5.56 Å². The van der Waals surface area contributed by atoms with Crippen molar-refractivity contribution >= 4 is 0 Å². The van der Waals surface area contributed by atoms with E-state index in [1.165, 1.54) is 12.1 Å². The van der Waals surface area contributed by atoms with E-state index in [-0.39, 0.29) is 11.6 Å². The summed E-state index contributed by atoms with van der Waals surface area (Å²) >= 11 is 0. The summed E-state index contributed by atoms with van der Waals surface area (Å²) in [5.74, 6) is -0.157. The van der Waals surface area contributed by atoms with Gasteiger partial charge in [0.2, 0.25) is 0 Å². The number of nitrogens with zero attached hydrogens (tertiary/aromatic N) is 1. The van der Waals surface area contributed by atoms with Crippen molar-refractivity contribution in [2.45, 2.75) is 20.8 Å². The van der Waals surface area contributed by atoms with Crippen LogP contribution in [-0.2, 0) is 0 Å². The predicted molar refractivity (Wildman–Crippen MR) is 67.4 cm³/mol. The molecular weight excluding hydrogens is 217 g/mol. The lowest BCUT2D eigenvalue weighted by molar-refractivity contribution is 0.471. The highest BCUT2D eigenvalue weighted by molar-refractivity contribution is 5.67. The highest BCUT2D eigenvalue weighted by Gasteiger charge is 2.07. The molecule has 1 aromatic heterocycles. The highest BCUT2D eigenvalue weighted by Crippen LogP contribution is 2.29. The summed E-state index contributed by atoms with van der Waals surface area (Å²) in [6.45, 7) is 5.80. The molecule has 1 heterocycles. The molecular formula is C14H16FNO. The van der Waals surface area contributed by atoms with E-state index in [4.69, 9.17) is 0 Å². The van der Waals surface area contributed by atoms with Crippen LogP contribution in [0.2, 0.25) is 0 Å². The third kappa shape index (κ3) is 3.03. The summed E-state index contributed by atoms with van der Waals surface area (Å²) in [6.07, 6.45) is 1.62. The van der Waals surface area contributed by atoms with E-state index >= 15 is 0 Å². The topological polar surface area (TPSA) is 33.1 Å². The monoisotopic (exact) mass is 233 g/mol. The van der Waals surface area contributed by atoms with Gasteiger partial charge in [-0.3, -0.25) is 4.98 Å². The number of aromatic hydroxyl groups is 1. The Morgan fingerprint density at radius 1 is 1.06 bits per heavy atom. The smallest absolute Gasteiger partial charge is 0.144 e. The molecule has 2 nitrogen and oxygen atoms in total. The first kappa shape index (κ1) is 13.2. The SMILES string of the molecule is CC.Cc1ccnc(-c2ccc(F)cc2)c1O. The highest BCUT2D eigenvalue weighted by atomic mass is 19.1. The fourth-order valence-electron chi connectivity index (χ4n) is 1.37. The van der Waals surface area contributed by atoms with Crippen LogP contribution in [-0.4, -0.2) is 10.1 Å². The minimum absolute atomic E-state index is 0.143. The van der Waals surface area contributed by atoms with Crippen LogP contribution in [0.4, 0.5) is 4.39 Å². The van der Waals surface area contributed by atoms with Gasteiger partial charge in [0.05, 0.1) is 0 Å². The number of pyridine rings is 1. The molecule has 0 aliphatic rings. The standard InChI is InChI=1S/C12H10FNO.C2H6/c1-8-6-7-14-11(12(8)15)9-2-4-10(13)5-3-9;1-2/h2-7,15H,1H3;1-2H3. The van der Waals surface area contributed by atoms with Gasteiger partial charge < -0.3 is 5.11 Å². The van der Waals surface area contributed by atoms with E-state index in [9.17, 15) is 9.50 Å². The molecule has 90 valence electrons. The fourth-order valence-corrected chi connectivity index (χ4v) is 1.37. The molecule has 17 heavy (non-hydrogen) atoms. The van der Waals surface area contributed by atoms with Crippen molar-refractivity contribution in [3.63, 3.8) is 0 Å². The van der Waals surface area contributed by atoms with Crippen LogP contribution in [0.25, 0.3) is 11.3 Å². The van der Waals surface area contributed by atoms with Crippen molar-refractivity contribution < 1.29 is 9.50 Å². The molecule has 0 spiro atoms. The Labute approximate surface area is 101 Å². The molecule has 0 radical (unpaired) electrons. The van der Waals surface area contributed by atoms with Crippen molar-refractivity contribution in [1.29, 1.82) is 0 Å². The van der Waals surface area contributed by atoms with E-state index < -0.39 is 0 Å². The van der Waals surface area contributed by atoms with Crippen LogP contribution < -0.4 is 0 Å². The van der Waals surface area contributed by atoms with Gasteiger partial charge in [0.25, 0.3) is 0 Å². The number of aromatic nitrogens is 1. The van der Waals surface area contributed by atoms with E-state index in [2.05, 4.69) is 4.98 Å². The van der Waals surface area contributed by atoms with Crippen molar-refractivity contribution in [2.24, 2.45) is 0 Å². The molecule has 0 atom stereocenters. The van der Waals surface area contributed by atoms with Gasteiger partial charge in [0.15, 0.2) is 0 Å². The normalized spacial score (nSPS) is 9.41. The Kier molecular flexibility index (Phi) is 4.64. The minimum atomic E-state index is -0.300. The van der Waals surface area contributed by atoms with Crippen molar-refractivity contribution in [1.82, 2.24) is 4.98 Å². The quantitative estimate of drug-likeness (QED) is 0.809. The summed E-state index contributed by atoms with van der Waals surface area (Å²) in [7, 11) is 0. The molecule has 0 saturated carbocycles. The molecule has 2 rings (SSSR count). The van der Waals surface area contributed by atoms with E-state index in [0.29, 0.717) is 11.3 Å². The summed E-state index contributed by atoms with van der Waals surface area (Å²) in [6, 6.07) is 7.60. The lowest BCUT2D eigenvalue weighted by atomic mass is 10.1. The van der Waals surface area contributed by atoms with Crippen molar-refractivity contribution in [2.75, 3.05) is 0 Å².